The summed E-state index contributed by atoms with van der Waals surface area (Å²) in [5.41, 5.74) is 10.5. The molecule has 2 aliphatic rings. The number of fused-ring (bicyclic) bond motifs is 3. The smallest absolute Gasteiger partial charge is 0.407 e. The van der Waals surface area contributed by atoms with Gasteiger partial charge in [0.05, 0.1) is 11.1 Å². The molecule has 41 heavy (non-hydrogen) atoms. The number of unbranched alkanes of at least 4 members (excludes halogenated alkanes) is 1. The number of primary amides is 1. The van der Waals surface area contributed by atoms with E-state index >= 15 is 0 Å². The van der Waals surface area contributed by atoms with Crippen molar-refractivity contribution in [1.82, 2.24) is 9.88 Å². The lowest BCUT2D eigenvalue weighted by Gasteiger charge is -2.31. The van der Waals surface area contributed by atoms with E-state index < -0.39 is 12.0 Å². The Morgan fingerprint density at radius 2 is 1.85 bits per heavy atom. The molecule has 0 atom stereocenters. The van der Waals surface area contributed by atoms with Crippen LogP contribution in [0.2, 0.25) is 0 Å². The van der Waals surface area contributed by atoms with E-state index in [9.17, 15) is 19.2 Å². The minimum Gasteiger partial charge on any atom is -0.446 e. The van der Waals surface area contributed by atoms with E-state index in [0.717, 1.165) is 53.3 Å². The molecule has 9 heteroatoms. The predicted octanol–water partition coefficient (Wildman–Crippen LogP) is 5.45. The van der Waals surface area contributed by atoms with Crippen LogP contribution in [-0.2, 0) is 16.0 Å². The number of hydrogen-bond acceptors (Lipinski definition) is 6. The fourth-order valence-electron chi connectivity index (χ4n) is 6.22. The average Bonchev–Trinajstić information content (AvgIpc) is 3.25. The number of benzene rings is 2. The number of ether oxygens (including phenoxy) is 1. The molecule has 3 aromatic rings. The summed E-state index contributed by atoms with van der Waals surface area (Å²) in [6.45, 7) is 4.65. The van der Waals surface area contributed by atoms with E-state index in [4.69, 9.17) is 10.5 Å². The zero-order valence-electron chi connectivity index (χ0n) is 23.7. The molecule has 1 saturated carbocycles. The fraction of sp³-hybridized carbons (Fsp3) is 0.438. The average molecular weight is 559 g/mol. The van der Waals surface area contributed by atoms with Crippen LogP contribution in [0, 0.1) is 5.41 Å². The van der Waals surface area contributed by atoms with Gasteiger partial charge in [0.2, 0.25) is 5.91 Å². The number of rotatable bonds is 9. The molecule has 2 amide bonds. The van der Waals surface area contributed by atoms with Crippen molar-refractivity contribution >= 4 is 40.8 Å². The predicted molar refractivity (Wildman–Crippen MR) is 158 cm³/mol. The first kappa shape index (κ1) is 28.4. The third-order valence-electron chi connectivity index (χ3n) is 8.15. The second-order valence-electron chi connectivity index (χ2n) is 12.0. The van der Waals surface area contributed by atoms with Crippen LogP contribution in [0.5, 0.6) is 0 Å². The maximum atomic E-state index is 13.2. The van der Waals surface area contributed by atoms with Crippen molar-refractivity contribution < 1.29 is 23.9 Å². The highest BCUT2D eigenvalue weighted by molar-refractivity contribution is 6.06. The molecule has 0 bridgehead atoms. The molecular formula is C32H38N4O5. The van der Waals surface area contributed by atoms with Gasteiger partial charge in [0.15, 0.2) is 0 Å². The zero-order chi connectivity index (χ0) is 29.1. The summed E-state index contributed by atoms with van der Waals surface area (Å²) in [5, 5.41) is 7.24. The molecule has 1 aliphatic carbocycles. The molecule has 9 nitrogen and oxygen atoms in total. The highest BCUT2D eigenvalue weighted by Crippen LogP contribution is 2.43. The summed E-state index contributed by atoms with van der Waals surface area (Å²) in [4.78, 5) is 48.1. The van der Waals surface area contributed by atoms with Gasteiger partial charge in [0, 0.05) is 47.8 Å². The van der Waals surface area contributed by atoms with Crippen LogP contribution in [0.1, 0.15) is 79.6 Å². The van der Waals surface area contributed by atoms with Gasteiger partial charge in [0.1, 0.15) is 12.4 Å². The largest absolute Gasteiger partial charge is 0.446 e. The van der Waals surface area contributed by atoms with Crippen LogP contribution >= 0.6 is 0 Å². The van der Waals surface area contributed by atoms with Gasteiger partial charge in [-0.1, -0.05) is 38.1 Å². The van der Waals surface area contributed by atoms with Crippen LogP contribution < -0.4 is 16.4 Å². The lowest BCUT2D eigenvalue weighted by molar-refractivity contribution is -0.107. The van der Waals surface area contributed by atoms with Gasteiger partial charge < -0.3 is 25.9 Å². The number of aldehydes is 1. The summed E-state index contributed by atoms with van der Waals surface area (Å²) in [7, 11) is 0. The summed E-state index contributed by atoms with van der Waals surface area (Å²) in [6, 6.07) is 13.7. The van der Waals surface area contributed by atoms with Gasteiger partial charge in [-0.2, -0.15) is 0 Å². The van der Waals surface area contributed by atoms with Crippen molar-refractivity contribution in [3.05, 3.63) is 53.7 Å². The topological polar surface area (TPSA) is 133 Å². The number of anilines is 1. The lowest BCUT2D eigenvalue weighted by atomic mass is 9.80. The molecule has 1 aliphatic heterocycles. The monoisotopic (exact) mass is 558 g/mol. The molecule has 216 valence electrons. The number of para-hydroxylation sites is 1. The molecule has 4 N–H and O–H groups in total. The Morgan fingerprint density at radius 3 is 2.59 bits per heavy atom. The maximum Gasteiger partial charge on any atom is 0.407 e. The summed E-state index contributed by atoms with van der Waals surface area (Å²) in [6.07, 6.45) is 5.35. The number of nitrogens with zero attached hydrogens (tertiary/aromatic N) is 1. The number of nitrogens with one attached hydrogen (secondary N) is 2. The molecule has 0 saturated heterocycles. The van der Waals surface area contributed by atoms with Gasteiger partial charge in [-0.05, 0) is 67.7 Å². The number of hydrogen-bond donors (Lipinski definition) is 3. The maximum absolute atomic E-state index is 13.2. The first-order chi connectivity index (χ1) is 19.7. The van der Waals surface area contributed by atoms with Crippen LogP contribution in [0.3, 0.4) is 0 Å². The fourth-order valence-corrected chi connectivity index (χ4v) is 6.22. The molecule has 0 radical (unpaired) electrons. The molecule has 1 fully saturated rings. The van der Waals surface area contributed by atoms with Gasteiger partial charge >= 0.3 is 6.09 Å². The van der Waals surface area contributed by atoms with Gasteiger partial charge in [0.25, 0.3) is 5.91 Å². The SMILES string of the molecule is CC1(C)CC(=O)n2c(c(-c3ccc(C(N)=O)c(NC4CCC(OC(=O)NCCCC=O)CC4)c3)c3ccccc32)C1. The number of carbonyl (C=O) groups is 4. The summed E-state index contributed by atoms with van der Waals surface area (Å²) >= 11 is 0. The molecule has 1 aromatic heterocycles. The van der Waals surface area contributed by atoms with Crippen molar-refractivity contribution in [2.75, 3.05) is 11.9 Å². The zero-order valence-corrected chi connectivity index (χ0v) is 23.7. The third kappa shape index (κ3) is 6.14. The van der Waals surface area contributed by atoms with Crippen molar-refractivity contribution in [2.24, 2.45) is 11.1 Å². The van der Waals surface area contributed by atoms with Crippen molar-refractivity contribution in [3.63, 3.8) is 0 Å². The van der Waals surface area contributed by atoms with Crippen LogP contribution in [0.4, 0.5) is 10.5 Å². The Hall–Kier alpha value is -4.14. The number of amides is 2. The number of alkyl carbamates (subject to hydrolysis) is 1. The van der Waals surface area contributed by atoms with E-state index in [-0.39, 0.29) is 23.5 Å². The van der Waals surface area contributed by atoms with Crippen LogP contribution in [0.25, 0.3) is 22.0 Å². The minimum absolute atomic E-state index is 0.0825. The third-order valence-corrected chi connectivity index (χ3v) is 8.15. The highest BCUT2D eigenvalue weighted by Gasteiger charge is 2.35. The summed E-state index contributed by atoms with van der Waals surface area (Å²) < 4.78 is 7.41. The van der Waals surface area contributed by atoms with E-state index in [1.165, 1.54) is 0 Å². The standard InChI is InChI=1S/C32H38N4O5/c1-32(2)18-27-29(24-7-3-4-8-26(24)36(27)28(38)19-32)20-9-14-23(30(33)39)25(17-20)35-21-10-12-22(13-11-21)41-31(40)34-15-5-6-16-37/h3-4,7-9,14,16-17,21-22,35H,5-6,10-13,15,18-19H2,1-2H3,(H2,33,39)(H,34,40). The van der Waals surface area contributed by atoms with Gasteiger partial charge in [-0.15, -0.1) is 0 Å². The van der Waals surface area contributed by atoms with E-state index in [1.54, 1.807) is 6.07 Å². The summed E-state index contributed by atoms with van der Waals surface area (Å²) in [5.74, 6) is -0.415. The second-order valence-corrected chi connectivity index (χ2v) is 12.0. The van der Waals surface area contributed by atoms with E-state index in [2.05, 4.69) is 24.5 Å². The van der Waals surface area contributed by atoms with Crippen molar-refractivity contribution in [2.45, 2.75) is 77.4 Å². The van der Waals surface area contributed by atoms with E-state index in [1.807, 2.05) is 41.0 Å². The number of aromatic nitrogens is 1. The van der Waals surface area contributed by atoms with E-state index in [0.29, 0.717) is 49.9 Å². The number of nitrogens with two attached hydrogens (primary N) is 1. The Kier molecular flexibility index (Phi) is 8.15. The minimum atomic E-state index is -0.512. The van der Waals surface area contributed by atoms with Crippen LogP contribution in [0.15, 0.2) is 42.5 Å². The molecule has 2 heterocycles. The molecule has 0 unspecified atom stereocenters. The van der Waals surface area contributed by atoms with Crippen molar-refractivity contribution in [1.29, 1.82) is 0 Å². The van der Waals surface area contributed by atoms with Gasteiger partial charge in [-0.3, -0.25) is 14.2 Å². The second kappa shape index (κ2) is 11.8. The number of carbonyl (C=O) groups excluding carboxylic acids is 4. The molecule has 0 spiro atoms. The van der Waals surface area contributed by atoms with Crippen molar-refractivity contribution in [3.8, 4) is 11.1 Å². The Balaban J connectivity index is 1.37. The normalized spacial score (nSPS) is 19.8. The first-order valence-electron chi connectivity index (χ1n) is 14.4. The van der Waals surface area contributed by atoms with Gasteiger partial charge in [-0.25, -0.2) is 4.79 Å². The Bertz CT molecular complexity index is 1480. The molecule has 2 aromatic carbocycles. The lowest BCUT2D eigenvalue weighted by Crippen LogP contribution is -2.35. The quantitative estimate of drug-likeness (QED) is 0.236. The first-order valence-corrected chi connectivity index (χ1v) is 14.4. The van der Waals surface area contributed by atoms with Crippen LogP contribution in [-0.4, -0.2) is 47.5 Å². The highest BCUT2D eigenvalue weighted by atomic mass is 16.6. The molecular weight excluding hydrogens is 520 g/mol. The molecule has 5 rings (SSSR count). The Labute approximate surface area is 239 Å². The Morgan fingerprint density at radius 1 is 1.10 bits per heavy atom.